The minimum Gasteiger partial charge on any atom is -0.508 e. The maximum Gasteiger partial charge on any atom is 0.315 e. The minimum atomic E-state index is -0.246. The van der Waals surface area contributed by atoms with Crippen LogP contribution in [-0.4, -0.2) is 49.1 Å². The number of nitrogens with zero attached hydrogens (tertiary/aromatic N) is 4. The van der Waals surface area contributed by atoms with Crippen molar-refractivity contribution < 1.29 is 20.1 Å². The van der Waals surface area contributed by atoms with Crippen LogP contribution in [0.4, 0.5) is 0 Å². The molecular formula is C28H32N4O4. The van der Waals surface area contributed by atoms with Gasteiger partial charge in [-0.3, -0.25) is 9.47 Å². The molecule has 0 radical (unpaired) electrons. The third-order valence-corrected chi connectivity index (χ3v) is 6.19. The highest BCUT2D eigenvalue weighted by molar-refractivity contribution is 5.68. The van der Waals surface area contributed by atoms with Crippen molar-refractivity contribution in [3.05, 3.63) is 82.9 Å². The Balaban J connectivity index is 1.50. The molecule has 0 amide bonds. The van der Waals surface area contributed by atoms with Crippen LogP contribution in [0.3, 0.4) is 0 Å². The molecule has 0 aliphatic heterocycles. The van der Waals surface area contributed by atoms with Crippen molar-refractivity contribution in [3.8, 4) is 34.6 Å². The van der Waals surface area contributed by atoms with Gasteiger partial charge >= 0.3 is 6.01 Å². The molecule has 3 aromatic carbocycles. The van der Waals surface area contributed by atoms with Crippen LogP contribution >= 0.6 is 0 Å². The number of hydrogen-bond donors (Lipinski definition) is 3. The van der Waals surface area contributed by atoms with E-state index in [0.717, 1.165) is 35.5 Å². The molecule has 8 heteroatoms. The highest BCUT2D eigenvalue weighted by atomic mass is 16.5. The summed E-state index contributed by atoms with van der Waals surface area (Å²) in [7, 11) is 3.75. The fourth-order valence-electron chi connectivity index (χ4n) is 4.30. The molecule has 4 aromatic rings. The first-order chi connectivity index (χ1) is 17.3. The van der Waals surface area contributed by atoms with Crippen LogP contribution in [0.2, 0.25) is 0 Å². The molecule has 0 atom stereocenters. The predicted molar refractivity (Wildman–Crippen MR) is 138 cm³/mol. The molecule has 8 nitrogen and oxygen atoms in total. The van der Waals surface area contributed by atoms with Crippen LogP contribution in [0, 0.1) is 0 Å². The van der Waals surface area contributed by atoms with E-state index in [1.165, 1.54) is 6.07 Å². The Kier molecular flexibility index (Phi) is 7.45. The summed E-state index contributed by atoms with van der Waals surface area (Å²) in [6.07, 6.45) is 0. The number of benzene rings is 3. The van der Waals surface area contributed by atoms with Crippen molar-refractivity contribution in [3.63, 3.8) is 0 Å². The van der Waals surface area contributed by atoms with Gasteiger partial charge in [0.05, 0.1) is 19.2 Å². The van der Waals surface area contributed by atoms with Crippen LogP contribution in [0.1, 0.15) is 42.0 Å². The van der Waals surface area contributed by atoms with E-state index in [9.17, 15) is 15.3 Å². The fraction of sp³-hybridized carbons (Fsp3) is 0.286. The van der Waals surface area contributed by atoms with E-state index in [0.29, 0.717) is 23.5 Å². The van der Waals surface area contributed by atoms with E-state index < -0.39 is 0 Å². The average molecular weight is 489 g/mol. The molecule has 0 spiro atoms. The summed E-state index contributed by atoms with van der Waals surface area (Å²) in [5.41, 5.74) is 4.32. The second-order valence-corrected chi connectivity index (χ2v) is 9.29. The lowest BCUT2D eigenvalue weighted by Gasteiger charge is -2.19. The molecule has 0 aliphatic carbocycles. The van der Waals surface area contributed by atoms with Crippen molar-refractivity contribution in [2.45, 2.75) is 39.4 Å². The number of ether oxygens (including phenoxy) is 1. The number of para-hydroxylation sites is 1. The molecular weight excluding hydrogens is 456 g/mol. The smallest absolute Gasteiger partial charge is 0.315 e. The van der Waals surface area contributed by atoms with Gasteiger partial charge in [-0.2, -0.15) is 0 Å². The van der Waals surface area contributed by atoms with Crippen molar-refractivity contribution in [2.24, 2.45) is 0 Å². The van der Waals surface area contributed by atoms with Crippen molar-refractivity contribution >= 4 is 0 Å². The lowest BCUT2D eigenvalue weighted by Crippen LogP contribution is -2.17. The third kappa shape index (κ3) is 5.44. The summed E-state index contributed by atoms with van der Waals surface area (Å²) < 4.78 is 7.00. The van der Waals surface area contributed by atoms with Gasteiger partial charge in [-0.25, -0.2) is 0 Å². The van der Waals surface area contributed by atoms with Crippen LogP contribution in [0.15, 0.2) is 60.7 Å². The first-order valence-electron chi connectivity index (χ1n) is 11.8. The maximum atomic E-state index is 10.5. The van der Waals surface area contributed by atoms with Gasteiger partial charge in [0, 0.05) is 24.7 Å². The second-order valence-electron chi connectivity index (χ2n) is 9.29. The first kappa shape index (κ1) is 25.1. The lowest BCUT2D eigenvalue weighted by atomic mass is 9.98. The Bertz CT molecular complexity index is 1330. The van der Waals surface area contributed by atoms with Crippen LogP contribution in [0.5, 0.6) is 23.3 Å². The standard InChI is InChI=1S/C28H32N4O4/c1-18(2)22-13-23(25(34)14-24(22)33)27-29-30-28(35)32(27)16-20-11-9-19(10-12-20)15-31(3)17-21-7-5-6-8-26(21)36-4/h5-14,18,33-34H,15-17H2,1-4H3,(H,30,35). The molecule has 0 unspecified atom stereocenters. The molecule has 4 rings (SSSR count). The highest BCUT2D eigenvalue weighted by Gasteiger charge is 2.20. The van der Waals surface area contributed by atoms with E-state index >= 15 is 0 Å². The predicted octanol–water partition coefficient (Wildman–Crippen LogP) is 4.87. The molecule has 0 aliphatic rings. The van der Waals surface area contributed by atoms with E-state index in [4.69, 9.17) is 4.74 Å². The Hall–Kier alpha value is -4.04. The fourth-order valence-corrected chi connectivity index (χ4v) is 4.30. The van der Waals surface area contributed by atoms with E-state index in [1.54, 1.807) is 17.7 Å². The number of methoxy groups -OCH3 is 1. The van der Waals surface area contributed by atoms with Crippen molar-refractivity contribution in [1.29, 1.82) is 0 Å². The van der Waals surface area contributed by atoms with Crippen LogP contribution < -0.4 is 4.74 Å². The van der Waals surface area contributed by atoms with Gasteiger partial charge in [-0.15, -0.1) is 5.10 Å². The van der Waals surface area contributed by atoms with Gasteiger partial charge in [-0.05, 0) is 41.8 Å². The average Bonchev–Trinajstić information content (AvgIpc) is 3.20. The first-order valence-corrected chi connectivity index (χ1v) is 11.8. The van der Waals surface area contributed by atoms with E-state index in [1.807, 2.05) is 44.2 Å². The summed E-state index contributed by atoms with van der Waals surface area (Å²) in [6, 6.07) is 18.9. The zero-order chi connectivity index (χ0) is 25.8. The topological polar surface area (TPSA) is 104 Å². The molecule has 0 bridgehead atoms. The number of aromatic hydroxyl groups is 3. The minimum absolute atomic E-state index is 0.0211. The zero-order valence-corrected chi connectivity index (χ0v) is 21.0. The molecule has 3 N–H and O–H groups in total. The van der Waals surface area contributed by atoms with Gasteiger partial charge in [0.15, 0.2) is 5.82 Å². The summed E-state index contributed by atoms with van der Waals surface area (Å²) in [4.78, 5) is 2.22. The number of phenols is 2. The van der Waals surface area contributed by atoms with Crippen molar-refractivity contribution in [2.75, 3.05) is 14.2 Å². The molecule has 1 heterocycles. The normalized spacial score (nSPS) is 11.4. The Morgan fingerprint density at radius 1 is 0.889 bits per heavy atom. The SMILES string of the molecule is COc1ccccc1CN(C)Cc1ccc(Cn2c(O)nnc2-c2cc(C(C)C)c(O)cc2O)cc1. The van der Waals surface area contributed by atoms with Crippen molar-refractivity contribution in [1.82, 2.24) is 19.7 Å². The quantitative estimate of drug-likeness (QED) is 0.309. The molecule has 0 fully saturated rings. The van der Waals surface area contributed by atoms with Crippen LogP contribution in [0.25, 0.3) is 11.4 Å². The lowest BCUT2D eigenvalue weighted by molar-refractivity contribution is 0.310. The third-order valence-electron chi connectivity index (χ3n) is 6.19. The monoisotopic (exact) mass is 488 g/mol. The Morgan fingerprint density at radius 2 is 1.58 bits per heavy atom. The summed E-state index contributed by atoms with van der Waals surface area (Å²) in [5, 5.41) is 38.9. The van der Waals surface area contributed by atoms with Gasteiger partial charge in [0.1, 0.15) is 17.2 Å². The number of phenolic OH excluding ortho intramolecular Hbond substituents is 2. The van der Waals surface area contributed by atoms with Gasteiger partial charge in [-0.1, -0.05) is 61.4 Å². The van der Waals surface area contributed by atoms with Gasteiger partial charge in [0.2, 0.25) is 0 Å². The summed E-state index contributed by atoms with van der Waals surface area (Å²) in [5.74, 6) is 1.15. The number of hydrogen-bond acceptors (Lipinski definition) is 7. The number of rotatable bonds is 9. The Morgan fingerprint density at radius 3 is 2.28 bits per heavy atom. The maximum absolute atomic E-state index is 10.5. The van der Waals surface area contributed by atoms with E-state index in [2.05, 4.69) is 40.3 Å². The summed E-state index contributed by atoms with van der Waals surface area (Å²) >= 11 is 0. The Labute approximate surface area is 211 Å². The van der Waals surface area contributed by atoms with Gasteiger partial charge in [0.25, 0.3) is 0 Å². The molecule has 1 aromatic heterocycles. The molecule has 188 valence electrons. The van der Waals surface area contributed by atoms with E-state index in [-0.39, 0.29) is 23.4 Å². The largest absolute Gasteiger partial charge is 0.508 e. The van der Waals surface area contributed by atoms with Gasteiger partial charge < -0.3 is 20.1 Å². The second kappa shape index (κ2) is 10.7. The highest BCUT2D eigenvalue weighted by Crippen LogP contribution is 2.38. The molecule has 0 saturated carbocycles. The number of aromatic nitrogens is 3. The summed E-state index contributed by atoms with van der Waals surface area (Å²) in [6.45, 7) is 5.75. The molecule has 0 saturated heterocycles. The van der Waals surface area contributed by atoms with Crippen LogP contribution in [-0.2, 0) is 19.6 Å². The zero-order valence-electron chi connectivity index (χ0n) is 21.0. The molecule has 36 heavy (non-hydrogen) atoms.